The van der Waals surface area contributed by atoms with Crippen molar-refractivity contribution in [1.82, 2.24) is 10.2 Å². The number of amides is 1. The predicted molar refractivity (Wildman–Crippen MR) is 83.6 cm³/mol. The second kappa shape index (κ2) is 8.23. The van der Waals surface area contributed by atoms with Crippen LogP contribution >= 0.6 is 11.8 Å². The first-order chi connectivity index (χ1) is 9.07. The van der Waals surface area contributed by atoms with E-state index in [0.717, 1.165) is 29.8 Å². The van der Waals surface area contributed by atoms with Crippen molar-refractivity contribution in [2.24, 2.45) is 0 Å². The van der Waals surface area contributed by atoms with Crippen LogP contribution in [0.3, 0.4) is 0 Å². The van der Waals surface area contributed by atoms with Gasteiger partial charge in [-0.3, -0.25) is 9.69 Å². The van der Waals surface area contributed by atoms with Gasteiger partial charge in [0, 0.05) is 6.54 Å². The van der Waals surface area contributed by atoms with Crippen molar-refractivity contribution in [2.75, 3.05) is 32.6 Å². The van der Waals surface area contributed by atoms with Crippen LogP contribution in [0.2, 0.25) is 0 Å². The van der Waals surface area contributed by atoms with Crippen molar-refractivity contribution < 1.29 is 4.79 Å². The molecule has 1 N–H and O–H groups in total. The molecule has 0 aliphatic rings. The number of likely N-dealkylation sites (N-methyl/N-ethyl adjacent to an activating group) is 1. The zero-order chi connectivity index (χ0) is 14.3. The topological polar surface area (TPSA) is 32.3 Å². The van der Waals surface area contributed by atoms with E-state index < -0.39 is 0 Å². The molecule has 0 bridgehead atoms. The van der Waals surface area contributed by atoms with Gasteiger partial charge >= 0.3 is 0 Å². The van der Waals surface area contributed by atoms with Gasteiger partial charge in [0.1, 0.15) is 6.04 Å². The van der Waals surface area contributed by atoms with Gasteiger partial charge in [-0.25, -0.2) is 0 Å². The smallest absolute Gasteiger partial charge is 0.241 e. The van der Waals surface area contributed by atoms with E-state index >= 15 is 0 Å². The van der Waals surface area contributed by atoms with Crippen molar-refractivity contribution >= 4 is 17.7 Å². The van der Waals surface area contributed by atoms with Gasteiger partial charge in [-0.2, -0.15) is 11.8 Å². The van der Waals surface area contributed by atoms with E-state index in [4.69, 9.17) is 0 Å². The summed E-state index contributed by atoms with van der Waals surface area (Å²) in [5.74, 6) is 1.16. The first-order valence-corrected chi connectivity index (χ1v) is 7.96. The Bertz CT molecular complexity index is 407. The van der Waals surface area contributed by atoms with Crippen LogP contribution in [0.1, 0.15) is 23.6 Å². The standard InChI is InChI=1S/C15H24N2OS/c1-12-8-5-6-9-13(12)14(17(2)3)15(18)16-10-7-11-19-4/h5-6,8-9,14H,7,10-11H2,1-4H3,(H,16,18). The Balaban J connectivity index is 2.73. The second-order valence-electron chi connectivity index (χ2n) is 4.86. The Labute approximate surface area is 120 Å². The molecule has 0 fully saturated rings. The van der Waals surface area contributed by atoms with Gasteiger partial charge in [-0.05, 0) is 50.6 Å². The van der Waals surface area contributed by atoms with Crippen molar-refractivity contribution in [3.8, 4) is 0 Å². The summed E-state index contributed by atoms with van der Waals surface area (Å²) in [5, 5.41) is 3.03. The molecule has 0 radical (unpaired) electrons. The molecule has 0 aromatic heterocycles. The van der Waals surface area contributed by atoms with Gasteiger partial charge in [0.25, 0.3) is 0 Å². The summed E-state index contributed by atoms with van der Waals surface area (Å²) >= 11 is 1.81. The Morgan fingerprint density at radius 2 is 2.05 bits per heavy atom. The first-order valence-electron chi connectivity index (χ1n) is 6.56. The lowest BCUT2D eigenvalue weighted by molar-refractivity contribution is -0.125. The highest BCUT2D eigenvalue weighted by Crippen LogP contribution is 2.21. The highest BCUT2D eigenvalue weighted by Gasteiger charge is 2.23. The largest absolute Gasteiger partial charge is 0.354 e. The molecule has 0 aliphatic carbocycles. The third-order valence-electron chi connectivity index (χ3n) is 3.07. The highest BCUT2D eigenvalue weighted by molar-refractivity contribution is 7.98. The summed E-state index contributed by atoms with van der Waals surface area (Å²) in [6.45, 7) is 2.79. The monoisotopic (exact) mass is 280 g/mol. The van der Waals surface area contributed by atoms with Crippen LogP contribution < -0.4 is 5.32 Å². The lowest BCUT2D eigenvalue weighted by Crippen LogP contribution is -2.37. The lowest BCUT2D eigenvalue weighted by Gasteiger charge is -2.25. The highest BCUT2D eigenvalue weighted by atomic mass is 32.2. The van der Waals surface area contributed by atoms with E-state index in [-0.39, 0.29) is 11.9 Å². The van der Waals surface area contributed by atoms with Crippen molar-refractivity contribution in [3.63, 3.8) is 0 Å². The number of hydrogen-bond donors (Lipinski definition) is 1. The molecule has 4 heteroatoms. The minimum atomic E-state index is -0.213. The molecule has 1 atom stereocenters. The van der Waals surface area contributed by atoms with Crippen LogP contribution in [0.15, 0.2) is 24.3 Å². The normalized spacial score (nSPS) is 12.5. The number of thioether (sulfide) groups is 1. The van der Waals surface area contributed by atoms with Crippen LogP contribution in [0.4, 0.5) is 0 Å². The van der Waals surface area contributed by atoms with E-state index in [9.17, 15) is 4.79 Å². The molecular formula is C15H24N2OS. The Morgan fingerprint density at radius 3 is 2.63 bits per heavy atom. The molecule has 1 aromatic rings. The summed E-state index contributed by atoms with van der Waals surface area (Å²) in [6.07, 6.45) is 3.10. The molecule has 0 heterocycles. The molecule has 1 rings (SSSR count). The second-order valence-corrected chi connectivity index (χ2v) is 5.85. The van der Waals surface area contributed by atoms with Crippen LogP contribution in [0.5, 0.6) is 0 Å². The number of aryl methyl sites for hydroxylation is 1. The molecule has 3 nitrogen and oxygen atoms in total. The average molecular weight is 280 g/mol. The minimum absolute atomic E-state index is 0.0837. The molecule has 0 spiro atoms. The van der Waals surface area contributed by atoms with Crippen molar-refractivity contribution in [1.29, 1.82) is 0 Å². The SMILES string of the molecule is CSCCCNC(=O)C(c1ccccc1C)N(C)C. The fraction of sp³-hybridized carbons (Fsp3) is 0.533. The predicted octanol–water partition coefficient (Wildman–Crippen LogP) is 2.47. The van der Waals surface area contributed by atoms with Gasteiger partial charge in [0.15, 0.2) is 0 Å². The van der Waals surface area contributed by atoms with Gasteiger partial charge in [-0.1, -0.05) is 24.3 Å². The van der Waals surface area contributed by atoms with Gasteiger partial charge in [0.05, 0.1) is 0 Å². The molecule has 1 unspecified atom stereocenters. The minimum Gasteiger partial charge on any atom is -0.354 e. The average Bonchev–Trinajstić information content (AvgIpc) is 2.37. The van der Waals surface area contributed by atoms with Crippen LogP contribution in [0.25, 0.3) is 0 Å². The molecule has 1 amide bonds. The Morgan fingerprint density at radius 1 is 1.37 bits per heavy atom. The van der Waals surface area contributed by atoms with Crippen molar-refractivity contribution in [2.45, 2.75) is 19.4 Å². The van der Waals surface area contributed by atoms with Crippen molar-refractivity contribution in [3.05, 3.63) is 35.4 Å². The number of benzene rings is 1. The third-order valence-corrected chi connectivity index (χ3v) is 3.77. The third kappa shape index (κ3) is 4.88. The molecular weight excluding hydrogens is 256 g/mol. The summed E-state index contributed by atoms with van der Waals surface area (Å²) < 4.78 is 0. The van der Waals surface area contributed by atoms with Crippen LogP contribution in [-0.2, 0) is 4.79 Å². The number of nitrogens with zero attached hydrogens (tertiary/aromatic N) is 1. The maximum Gasteiger partial charge on any atom is 0.241 e. The number of carbonyl (C=O) groups is 1. The molecule has 19 heavy (non-hydrogen) atoms. The first kappa shape index (κ1) is 16.1. The molecule has 0 aliphatic heterocycles. The van der Waals surface area contributed by atoms with E-state index in [2.05, 4.69) is 11.6 Å². The number of nitrogens with one attached hydrogen (secondary N) is 1. The maximum atomic E-state index is 12.3. The fourth-order valence-corrected chi connectivity index (χ4v) is 2.51. The number of carbonyl (C=O) groups excluding carboxylic acids is 1. The summed E-state index contributed by atoms with van der Waals surface area (Å²) in [7, 11) is 3.89. The van der Waals surface area contributed by atoms with Gasteiger partial charge in [0.2, 0.25) is 5.91 Å². The fourth-order valence-electron chi connectivity index (χ4n) is 2.07. The van der Waals surface area contributed by atoms with E-state index in [0.29, 0.717) is 0 Å². The Kier molecular flexibility index (Phi) is 6.95. The number of hydrogen-bond acceptors (Lipinski definition) is 3. The summed E-state index contributed by atoms with van der Waals surface area (Å²) in [5.41, 5.74) is 2.23. The van der Waals surface area contributed by atoms with E-state index in [1.807, 2.05) is 50.2 Å². The zero-order valence-electron chi connectivity index (χ0n) is 12.3. The van der Waals surface area contributed by atoms with Gasteiger partial charge < -0.3 is 5.32 Å². The quantitative estimate of drug-likeness (QED) is 0.779. The summed E-state index contributed by atoms with van der Waals surface area (Å²) in [6, 6.07) is 7.85. The summed E-state index contributed by atoms with van der Waals surface area (Å²) in [4.78, 5) is 14.3. The molecule has 0 saturated carbocycles. The lowest BCUT2D eigenvalue weighted by atomic mass is 10.00. The Hall–Kier alpha value is -1.00. The van der Waals surface area contributed by atoms with Crippen LogP contribution in [0, 0.1) is 6.92 Å². The maximum absolute atomic E-state index is 12.3. The van der Waals surface area contributed by atoms with E-state index in [1.165, 1.54) is 0 Å². The molecule has 1 aromatic carbocycles. The van der Waals surface area contributed by atoms with Crippen LogP contribution in [-0.4, -0.2) is 43.5 Å². The molecule has 106 valence electrons. The molecule has 0 saturated heterocycles. The van der Waals surface area contributed by atoms with Gasteiger partial charge in [-0.15, -0.1) is 0 Å². The van der Waals surface area contributed by atoms with E-state index in [1.54, 1.807) is 11.8 Å². The zero-order valence-corrected chi connectivity index (χ0v) is 13.1. The number of rotatable bonds is 7.